The van der Waals surface area contributed by atoms with Gasteiger partial charge in [0.2, 0.25) is 11.8 Å². The zero-order valence-corrected chi connectivity index (χ0v) is 27.4. The Morgan fingerprint density at radius 3 is 1.41 bits per heavy atom. The highest BCUT2D eigenvalue weighted by atomic mass is 16.8. The number of amides is 2. The molecule has 20 atom stereocenters. The molecule has 0 spiro atoms. The van der Waals surface area contributed by atoms with E-state index in [0.29, 0.717) is 0 Å². The Morgan fingerprint density at radius 2 is 0.882 bits per heavy atom. The molecule has 4 heterocycles. The van der Waals surface area contributed by atoms with Crippen LogP contribution in [0, 0.1) is 0 Å². The lowest BCUT2D eigenvalue weighted by molar-refractivity contribution is -0.379. The van der Waals surface area contributed by atoms with Crippen molar-refractivity contribution >= 4 is 11.8 Å². The van der Waals surface area contributed by atoms with Crippen molar-refractivity contribution in [3.8, 4) is 0 Å². The lowest BCUT2D eigenvalue weighted by Gasteiger charge is -2.50. The number of aliphatic hydroxyl groups is 12. The number of nitrogens with one attached hydrogen (secondary N) is 2. The van der Waals surface area contributed by atoms with E-state index in [1.54, 1.807) is 0 Å². The molecule has 2 amide bonds. The summed E-state index contributed by atoms with van der Waals surface area (Å²) in [7, 11) is 0. The molecule has 14 N–H and O–H groups in total. The quantitative estimate of drug-likeness (QED) is 0.0881. The monoisotopic (exact) mass is 748 g/mol. The summed E-state index contributed by atoms with van der Waals surface area (Å²) in [4.78, 5) is 23.9. The molecule has 0 aromatic heterocycles. The maximum Gasteiger partial charge on any atom is 0.217 e. The Morgan fingerprint density at radius 1 is 0.471 bits per heavy atom. The van der Waals surface area contributed by atoms with Crippen LogP contribution in [-0.4, -0.2) is 222 Å². The summed E-state index contributed by atoms with van der Waals surface area (Å²) >= 11 is 0. The lowest BCUT2D eigenvalue weighted by Crippen LogP contribution is -2.70. The van der Waals surface area contributed by atoms with E-state index in [-0.39, 0.29) is 0 Å². The molecule has 4 aliphatic rings. The average molecular weight is 749 g/mol. The molecule has 0 bridgehead atoms. The maximum absolute atomic E-state index is 12.2. The second-order valence-corrected chi connectivity index (χ2v) is 12.6. The van der Waals surface area contributed by atoms with E-state index < -0.39 is 161 Å². The zero-order valence-electron chi connectivity index (χ0n) is 27.4. The summed E-state index contributed by atoms with van der Waals surface area (Å²) in [6.45, 7) is -1.28. The fraction of sp³-hybridized carbons (Fsp3) is 0.929. The van der Waals surface area contributed by atoms with Gasteiger partial charge in [0, 0.05) is 13.8 Å². The van der Waals surface area contributed by atoms with Gasteiger partial charge in [0.05, 0.1) is 26.4 Å². The molecule has 0 radical (unpaired) electrons. The van der Waals surface area contributed by atoms with Crippen LogP contribution in [0.1, 0.15) is 13.8 Å². The van der Waals surface area contributed by atoms with Gasteiger partial charge >= 0.3 is 0 Å². The van der Waals surface area contributed by atoms with Crippen molar-refractivity contribution in [1.82, 2.24) is 10.6 Å². The third-order valence-electron chi connectivity index (χ3n) is 9.01. The van der Waals surface area contributed by atoms with Crippen LogP contribution in [0.5, 0.6) is 0 Å². The van der Waals surface area contributed by atoms with Crippen molar-refractivity contribution < 1.29 is 104 Å². The smallest absolute Gasteiger partial charge is 0.217 e. The Balaban J connectivity index is 1.56. The van der Waals surface area contributed by atoms with Gasteiger partial charge in [0.25, 0.3) is 0 Å². The number of carbonyl (C=O) groups excluding carboxylic acids is 2. The Labute approximate surface area is 289 Å². The van der Waals surface area contributed by atoms with Crippen LogP contribution < -0.4 is 10.6 Å². The van der Waals surface area contributed by atoms with Gasteiger partial charge in [0.1, 0.15) is 97.5 Å². The van der Waals surface area contributed by atoms with Gasteiger partial charge in [-0.1, -0.05) is 0 Å². The van der Waals surface area contributed by atoms with Crippen LogP contribution in [0.4, 0.5) is 0 Å². The highest BCUT2D eigenvalue weighted by Gasteiger charge is 2.55. The first-order valence-electron chi connectivity index (χ1n) is 16.1. The molecule has 0 aromatic carbocycles. The molecule has 0 aromatic rings. The van der Waals surface area contributed by atoms with Crippen LogP contribution in [0.3, 0.4) is 0 Å². The van der Waals surface area contributed by atoms with Crippen molar-refractivity contribution in [3.05, 3.63) is 0 Å². The molecule has 23 heteroatoms. The van der Waals surface area contributed by atoms with Gasteiger partial charge in [-0.25, -0.2) is 0 Å². The second kappa shape index (κ2) is 18.0. The van der Waals surface area contributed by atoms with Crippen LogP contribution in [0.15, 0.2) is 0 Å². The van der Waals surface area contributed by atoms with Gasteiger partial charge in [-0.15, -0.1) is 0 Å². The largest absolute Gasteiger partial charge is 0.394 e. The highest BCUT2D eigenvalue weighted by molar-refractivity contribution is 5.73. The third-order valence-corrected chi connectivity index (χ3v) is 9.01. The third kappa shape index (κ3) is 9.11. The van der Waals surface area contributed by atoms with E-state index >= 15 is 0 Å². The van der Waals surface area contributed by atoms with Crippen molar-refractivity contribution in [2.24, 2.45) is 0 Å². The van der Waals surface area contributed by atoms with Crippen LogP contribution in [-0.2, 0) is 42.7 Å². The SMILES string of the molecule is CC(=O)N[C@@H]1[C@@H](O)[C@H](O[C@@H]2O[C@H](CO)[C@@H](O[C@@H]3O[C@H](CO)[C@@H](O)[C@H](O[C@H]4O[C@H](CO)[C@H](O)[C@@H](O)[C@@H]4O)[C@H]3O)[C@H](O)[C@H]2NC(C)=O)[C@@H](CO)O[C@H]1O. The number of hydrogen-bond donors (Lipinski definition) is 14. The van der Waals surface area contributed by atoms with E-state index in [2.05, 4.69) is 10.6 Å². The fourth-order valence-electron chi connectivity index (χ4n) is 6.35. The molecular weight excluding hydrogens is 700 g/mol. The fourth-order valence-corrected chi connectivity index (χ4v) is 6.35. The first kappa shape index (κ1) is 41.9. The molecule has 4 saturated heterocycles. The van der Waals surface area contributed by atoms with Crippen molar-refractivity contribution in [1.29, 1.82) is 0 Å². The minimum Gasteiger partial charge on any atom is -0.394 e. The lowest BCUT2D eigenvalue weighted by atomic mass is 9.94. The maximum atomic E-state index is 12.2. The first-order chi connectivity index (χ1) is 24.1. The summed E-state index contributed by atoms with van der Waals surface area (Å²) in [5.41, 5.74) is 0. The van der Waals surface area contributed by atoms with Crippen molar-refractivity contribution in [3.63, 3.8) is 0 Å². The molecule has 4 aliphatic heterocycles. The van der Waals surface area contributed by atoms with E-state index in [1.807, 2.05) is 0 Å². The molecule has 0 saturated carbocycles. The van der Waals surface area contributed by atoms with Crippen LogP contribution >= 0.6 is 0 Å². The van der Waals surface area contributed by atoms with Gasteiger partial charge in [-0.2, -0.15) is 0 Å². The van der Waals surface area contributed by atoms with Gasteiger partial charge < -0.3 is 105 Å². The zero-order chi connectivity index (χ0) is 37.9. The molecule has 51 heavy (non-hydrogen) atoms. The number of ether oxygens (including phenoxy) is 7. The molecule has 0 aliphatic carbocycles. The predicted molar refractivity (Wildman–Crippen MR) is 157 cm³/mol. The minimum atomic E-state index is -2.04. The summed E-state index contributed by atoms with van der Waals surface area (Å²) in [6.07, 6.45) is -31.4. The van der Waals surface area contributed by atoms with Gasteiger partial charge in [-0.05, 0) is 0 Å². The summed E-state index contributed by atoms with van der Waals surface area (Å²) in [5, 5.41) is 130. The number of rotatable bonds is 12. The Kier molecular flexibility index (Phi) is 14.8. The summed E-state index contributed by atoms with van der Waals surface area (Å²) < 4.78 is 39.1. The summed E-state index contributed by atoms with van der Waals surface area (Å²) in [6, 6.07) is -3.04. The molecule has 296 valence electrons. The summed E-state index contributed by atoms with van der Waals surface area (Å²) in [5.74, 6) is -1.40. The van der Waals surface area contributed by atoms with E-state index in [4.69, 9.17) is 33.2 Å². The Hall–Kier alpha value is -1.82. The Bertz CT molecular complexity index is 1140. The van der Waals surface area contributed by atoms with Crippen LogP contribution in [0.2, 0.25) is 0 Å². The molecule has 23 nitrogen and oxygen atoms in total. The van der Waals surface area contributed by atoms with Crippen LogP contribution in [0.25, 0.3) is 0 Å². The second-order valence-electron chi connectivity index (χ2n) is 12.6. The molecule has 4 rings (SSSR count). The molecular formula is C28H48N2O21. The van der Waals surface area contributed by atoms with Gasteiger partial charge in [0.15, 0.2) is 25.2 Å². The van der Waals surface area contributed by atoms with E-state index in [1.165, 1.54) is 0 Å². The van der Waals surface area contributed by atoms with Crippen molar-refractivity contribution in [2.75, 3.05) is 26.4 Å². The first-order valence-corrected chi connectivity index (χ1v) is 16.1. The van der Waals surface area contributed by atoms with E-state index in [9.17, 15) is 70.9 Å². The number of hydrogen-bond acceptors (Lipinski definition) is 21. The molecule has 0 unspecified atom stereocenters. The minimum absolute atomic E-state index is 0.660. The molecule has 4 fully saturated rings. The standard InChI is InChI=1S/C28H48N2O21/c1-7(35)29-13-17(39)22(11(5-33)45-25(13)44)49-26-14(30-8(2)36)18(40)23(12(6-34)48-26)50-28-21(43)24(16(38)10(4-32)47-28)51-27-20(42)19(41)15(37)9(3-31)46-27/h9-28,31-34,37-44H,3-6H2,1-2H3,(H,29,35)(H,30,36)/t9-,10-,11-,12-,13-,14-,15+,16-,17-,18-,19-,20+,21-,22-,23-,24+,25-,26+,27-,28+/m1/s1. The normalized spacial score (nSPS) is 47.8. The highest BCUT2D eigenvalue weighted by Crippen LogP contribution is 2.34. The number of aliphatic hydroxyl groups excluding tert-OH is 12. The average Bonchev–Trinajstić information content (AvgIpc) is 3.09. The van der Waals surface area contributed by atoms with Gasteiger partial charge in [-0.3, -0.25) is 9.59 Å². The predicted octanol–water partition coefficient (Wildman–Crippen LogP) is -9.46. The number of carbonyl (C=O) groups is 2. The van der Waals surface area contributed by atoms with E-state index in [0.717, 1.165) is 13.8 Å². The van der Waals surface area contributed by atoms with Crippen molar-refractivity contribution in [2.45, 2.75) is 137 Å². The topological polar surface area (TPSA) is 366 Å².